The second-order valence-corrected chi connectivity index (χ2v) is 4.72. The molecule has 0 saturated heterocycles. The minimum absolute atomic E-state index is 0.292. The van der Waals surface area contributed by atoms with Crippen molar-refractivity contribution in [2.75, 3.05) is 0 Å². The maximum absolute atomic E-state index is 10.9. The van der Waals surface area contributed by atoms with E-state index in [1.807, 2.05) is 6.92 Å². The number of carboxylic acids is 1. The normalized spacial score (nSPS) is 15.3. The molecule has 0 aromatic heterocycles. The Morgan fingerprint density at radius 3 is 2.20 bits per heavy atom. The second-order valence-electron chi connectivity index (χ2n) is 4.72. The first kappa shape index (κ1) is 14.4. The van der Waals surface area contributed by atoms with Crippen molar-refractivity contribution in [3.8, 4) is 0 Å². The maximum atomic E-state index is 10.9. The molecule has 0 fully saturated rings. The van der Waals surface area contributed by atoms with Crippen LogP contribution in [0.15, 0.2) is 0 Å². The lowest BCUT2D eigenvalue weighted by atomic mass is 10.0. The van der Waals surface area contributed by atoms with Crippen LogP contribution in [0.25, 0.3) is 0 Å². The van der Waals surface area contributed by atoms with Crippen molar-refractivity contribution in [2.45, 2.75) is 65.5 Å². The molecule has 2 N–H and O–H groups in total. The van der Waals surface area contributed by atoms with Crippen LogP contribution >= 0.6 is 0 Å². The summed E-state index contributed by atoms with van der Waals surface area (Å²) < 4.78 is 0. The minimum atomic E-state index is -0.728. The first-order valence-electron chi connectivity index (χ1n) is 5.96. The van der Waals surface area contributed by atoms with Gasteiger partial charge in [-0.3, -0.25) is 4.79 Å². The number of carbonyl (C=O) groups is 1. The Hall–Kier alpha value is -0.570. The van der Waals surface area contributed by atoms with Gasteiger partial charge in [0.1, 0.15) is 6.04 Å². The molecule has 3 heteroatoms. The van der Waals surface area contributed by atoms with Gasteiger partial charge < -0.3 is 10.4 Å². The summed E-state index contributed by atoms with van der Waals surface area (Å²) in [5, 5.41) is 12.1. The van der Waals surface area contributed by atoms with Crippen molar-refractivity contribution in [3.05, 3.63) is 0 Å². The molecule has 0 aromatic carbocycles. The number of carboxylic acid groups (broad SMARTS) is 1. The molecule has 3 nitrogen and oxygen atoms in total. The van der Waals surface area contributed by atoms with E-state index in [4.69, 9.17) is 5.11 Å². The monoisotopic (exact) mass is 215 g/mol. The molecule has 90 valence electrons. The lowest BCUT2D eigenvalue weighted by Crippen LogP contribution is -2.42. The summed E-state index contributed by atoms with van der Waals surface area (Å²) in [7, 11) is 0. The van der Waals surface area contributed by atoms with Crippen molar-refractivity contribution in [2.24, 2.45) is 5.92 Å². The van der Waals surface area contributed by atoms with Crippen LogP contribution in [-0.4, -0.2) is 23.2 Å². The summed E-state index contributed by atoms with van der Waals surface area (Å²) in [6.07, 6.45) is 3.81. The van der Waals surface area contributed by atoms with Gasteiger partial charge in [-0.05, 0) is 32.1 Å². The first-order valence-corrected chi connectivity index (χ1v) is 5.96. The van der Waals surface area contributed by atoms with Crippen LogP contribution in [0.3, 0.4) is 0 Å². The molecular weight excluding hydrogens is 190 g/mol. The van der Waals surface area contributed by atoms with E-state index in [0.717, 1.165) is 19.3 Å². The largest absolute Gasteiger partial charge is 0.480 e. The Bertz CT molecular complexity index is 180. The Morgan fingerprint density at radius 1 is 1.20 bits per heavy atom. The van der Waals surface area contributed by atoms with Crippen LogP contribution in [-0.2, 0) is 4.79 Å². The molecule has 0 spiro atoms. The highest BCUT2D eigenvalue weighted by molar-refractivity contribution is 5.73. The zero-order valence-electron chi connectivity index (χ0n) is 10.4. The van der Waals surface area contributed by atoms with Crippen LogP contribution < -0.4 is 5.32 Å². The molecule has 2 atom stereocenters. The van der Waals surface area contributed by atoms with Gasteiger partial charge in [-0.1, -0.05) is 27.2 Å². The van der Waals surface area contributed by atoms with E-state index >= 15 is 0 Å². The van der Waals surface area contributed by atoms with Gasteiger partial charge in [-0.25, -0.2) is 0 Å². The summed E-state index contributed by atoms with van der Waals surface area (Å²) >= 11 is 0. The summed E-state index contributed by atoms with van der Waals surface area (Å²) in [5.41, 5.74) is 0. The van der Waals surface area contributed by atoms with Crippen LogP contribution in [0.1, 0.15) is 53.4 Å². The smallest absolute Gasteiger partial charge is 0.320 e. The van der Waals surface area contributed by atoms with E-state index in [2.05, 4.69) is 26.1 Å². The number of nitrogens with one attached hydrogen (secondary N) is 1. The maximum Gasteiger partial charge on any atom is 0.320 e. The van der Waals surface area contributed by atoms with Gasteiger partial charge in [0.05, 0.1) is 0 Å². The molecule has 0 radical (unpaired) electrons. The fraction of sp³-hybridized carbons (Fsp3) is 0.917. The highest BCUT2D eigenvalue weighted by atomic mass is 16.4. The lowest BCUT2D eigenvalue weighted by Gasteiger charge is -2.20. The number of rotatable bonds is 8. The van der Waals surface area contributed by atoms with Gasteiger partial charge in [0.2, 0.25) is 0 Å². The molecule has 15 heavy (non-hydrogen) atoms. The minimum Gasteiger partial charge on any atom is -0.480 e. The third-order valence-electron chi connectivity index (χ3n) is 2.54. The van der Waals surface area contributed by atoms with E-state index < -0.39 is 5.97 Å². The van der Waals surface area contributed by atoms with Crippen molar-refractivity contribution >= 4 is 5.97 Å². The average Bonchev–Trinajstić information content (AvgIpc) is 2.14. The number of aliphatic carboxylic acids is 1. The van der Waals surface area contributed by atoms with Gasteiger partial charge in [0.15, 0.2) is 0 Å². The quantitative estimate of drug-likeness (QED) is 0.654. The summed E-state index contributed by atoms with van der Waals surface area (Å²) in [6.45, 7) is 8.45. The average molecular weight is 215 g/mol. The molecular formula is C12H25NO2. The van der Waals surface area contributed by atoms with Crippen LogP contribution in [0, 0.1) is 5.92 Å². The van der Waals surface area contributed by atoms with E-state index in [0.29, 0.717) is 18.4 Å². The topological polar surface area (TPSA) is 49.3 Å². The fourth-order valence-corrected chi connectivity index (χ4v) is 1.58. The molecule has 0 aromatic rings. The van der Waals surface area contributed by atoms with Gasteiger partial charge in [0.25, 0.3) is 0 Å². The molecule has 0 amide bonds. The second kappa shape index (κ2) is 7.69. The molecule has 0 aliphatic rings. The Kier molecular flexibility index (Phi) is 7.39. The zero-order chi connectivity index (χ0) is 11.8. The van der Waals surface area contributed by atoms with E-state index in [1.54, 1.807) is 0 Å². The third kappa shape index (κ3) is 7.37. The molecule has 0 rings (SSSR count). The fourth-order valence-electron chi connectivity index (χ4n) is 1.58. The number of hydrogen-bond acceptors (Lipinski definition) is 2. The molecule has 0 aliphatic heterocycles. The summed E-state index contributed by atoms with van der Waals surface area (Å²) in [4.78, 5) is 10.9. The van der Waals surface area contributed by atoms with Crippen LogP contribution in [0.4, 0.5) is 0 Å². The number of hydrogen-bond donors (Lipinski definition) is 2. The van der Waals surface area contributed by atoms with Crippen molar-refractivity contribution in [1.82, 2.24) is 5.32 Å². The molecule has 0 saturated carbocycles. The lowest BCUT2D eigenvalue weighted by molar-refractivity contribution is -0.139. The van der Waals surface area contributed by atoms with Crippen LogP contribution in [0.5, 0.6) is 0 Å². The van der Waals surface area contributed by atoms with Crippen molar-refractivity contribution in [1.29, 1.82) is 0 Å². The summed E-state index contributed by atoms with van der Waals surface area (Å²) in [6, 6.07) is -0.0859. The SMILES string of the molecule is CCCC(NC(C)CCC(C)C)C(=O)O. The third-order valence-corrected chi connectivity index (χ3v) is 2.54. The Morgan fingerprint density at radius 2 is 1.80 bits per heavy atom. The van der Waals surface area contributed by atoms with E-state index in [9.17, 15) is 4.79 Å². The van der Waals surface area contributed by atoms with Gasteiger partial charge in [-0.15, -0.1) is 0 Å². The molecule has 0 heterocycles. The van der Waals surface area contributed by atoms with Crippen molar-refractivity contribution < 1.29 is 9.90 Å². The summed E-state index contributed by atoms with van der Waals surface area (Å²) in [5.74, 6) is -0.0445. The Labute approximate surface area is 93.3 Å². The molecule has 0 bridgehead atoms. The van der Waals surface area contributed by atoms with E-state index in [-0.39, 0.29) is 6.04 Å². The standard InChI is InChI=1S/C12H25NO2/c1-5-6-11(12(14)15)13-10(4)8-7-9(2)3/h9-11,13H,5-8H2,1-4H3,(H,14,15). The predicted molar refractivity (Wildman–Crippen MR) is 63.0 cm³/mol. The first-order chi connectivity index (χ1) is 6.97. The van der Waals surface area contributed by atoms with Gasteiger partial charge in [0, 0.05) is 6.04 Å². The van der Waals surface area contributed by atoms with Crippen molar-refractivity contribution in [3.63, 3.8) is 0 Å². The van der Waals surface area contributed by atoms with Gasteiger partial charge in [-0.2, -0.15) is 0 Å². The Balaban J connectivity index is 3.88. The predicted octanol–water partition coefficient (Wildman–Crippen LogP) is 2.65. The van der Waals surface area contributed by atoms with Crippen LogP contribution in [0.2, 0.25) is 0 Å². The van der Waals surface area contributed by atoms with Gasteiger partial charge >= 0.3 is 5.97 Å². The zero-order valence-corrected chi connectivity index (χ0v) is 10.4. The highest BCUT2D eigenvalue weighted by Gasteiger charge is 2.18. The van der Waals surface area contributed by atoms with E-state index in [1.165, 1.54) is 0 Å². The molecule has 0 aliphatic carbocycles. The highest BCUT2D eigenvalue weighted by Crippen LogP contribution is 2.08. The molecule has 2 unspecified atom stereocenters.